The zero-order chi connectivity index (χ0) is 28.1. The Labute approximate surface area is 217 Å². The van der Waals surface area contributed by atoms with Crippen molar-refractivity contribution in [2.45, 2.75) is 36.7 Å². The van der Waals surface area contributed by atoms with Crippen LogP contribution in [0.15, 0.2) is 66.9 Å². The molecule has 1 unspecified atom stereocenters. The minimum absolute atomic E-state index is 0.0638. The molecule has 2 aromatic carbocycles. The van der Waals surface area contributed by atoms with Gasteiger partial charge >= 0.3 is 18.7 Å². The zero-order valence-corrected chi connectivity index (χ0v) is 20.1. The van der Waals surface area contributed by atoms with E-state index in [-0.39, 0.29) is 22.7 Å². The molecule has 13 heteroatoms. The van der Waals surface area contributed by atoms with E-state index in [2.05, 4.69) is 15.0 Å². The van der Waals surface area contributed by atoms with Crippen LogP contribution >= 0.6 is 11.6 Å². The second kappa shape index (κ2) is 11.8. The summed E-state index contributed by atoms with van der Waals surface area (Å²) >= 11 is 5.95. The molecule has 0 aliphatic rings. The van der Waals surface area contributed by atoms with E-state index in [9.17, 15) is 40.2 Å². The molecular weight excluding hydrogens is 548 g/mol. The number of pyridine rings is 1. The van der Waals surface area contributed by atoms with Crippen LogP contribution in [0.25, 0.3) is 0 Å². The molecule has 0 saturated carbocycles. The van der Waals surface area contributed by atoms with Crippen molar-refractivity contribution in [1.29, 1.82) is 0 Å². The third-order valence-electron chi connectivity index (χ3n) is 5.64. The van der Waals surface area contributed by atoms with Crippen molar-refractivity contribution in [3.05, 3.63) is 94.5 Å². The lowest BCUT2D eigenvalue weighted by Gasteiger charge is -2.35. The van der Waals surface area contributed by atoms with E-state index in [1.165, 1.54) is 18.3 Å². The fraction of sp³-hybridized carbons (Fsp3) is 0.320. The summed E-state index contributed by atoms with van der Waals surface area (Å²) in [6.07, 6.45) is -15.7. The van der Waals surface area contributed by atoms with Gasteiger partial charge in [0.15, 0.2) is 6.10 Å². The summed E-state index contributed by atoms with van der Waals surface area (Å²) in [4.78, 5) is 4.24. The second-order valence-corrected chi connectivity index (χ2v) is 8.87. The van der Waals surface area contributed by atoms with E-state index >= 15 is 0 Å². The highest BCUT2D eigenvalue weighted by Gasteiger charge is 2.45. The molecule has 38 heavy (non-hydrogen) atoms. The molecule has 0 saturated heterocycles. The van der Waals surface area contributed by atoms with E-state index in [0.29, 0.717) is 11.6 Å². The quantitative estimate of drug-likeness (QED) is 0.272. The summed E-state index contributed by atoms with van der Waals surface area (Å²) in [5.74, 6) is -2.07. The van der Waals surface area contributed by atoms with Crippen LogP contribution in [0.3, 0.4) is 0 Å². The Kier molecular flexibility index (Phi) is 9.21. The Bertz CT molecular complexity index is 1200. The van der Waals surface area contributed by atoms with Crippen LogP contribution in [0.1, 0.15) is 16.8 Å². The van der Waals surface area contributed by atoms with Gasteiger partial charge in [-0.3, -0.25) is 4.98 Å². The van der Waals surface area contributed by atoms with Crippen LogP contribution in [0.2, 0.25) is 5.02 Å². The Morgan fingerprint density at radius 1 is 0.974 bits per heavy atom. The van der Waals surface area contributed by atoms with E-state index in [1.807, 2.05) is 0 Å². The van der Waals surface area contributed by atoms with Crippen LogP contribution in [0, 0.1) is 5.82 Å². The molecular formula is C25H21ClF8N2O2. The van der Waals surface area contributed by atoms with E-state index in [0.717, 1.165) is 12.1 Å². The van der Waals surface area contributed by atoms with Crippen molar-refractivity contribution in [3.8, 4) is 5.75 Å². The lowest BCUT2D eigenvalue weighted by atomic mass is 9.72. The summed E-state index contributed by atoms with van der Waals surface area (Å²) in [5.41, 5.74) is -0.966. The van der Waals surface area contributed by atoms with E-state index < -0.39 is 54.9 Å². The zero-order valence-electron chi connectivity index (χ0n) is 19.3. The number of rotatable bonds is 11. The van der Waals surface area contributed by atoms with Crippen molar-refractivity contribution >= 4 is 11.6 Å². The summed E-state index contributed by atoms with van der Waals surface area (Å²) < 4.78 is 110. The summed E-state index contributed by atoms with van der Waals surface area (Å²) in [6, 6.07) is 13.5. The van der Waals surface area contributed by atoms with Gasteiger partial charge in [-0.05, 0) is 41.8 Å². The van der Waals surface area contributed by atoms with Gasteiger partial charge in [0.2, 0.25) is 0 Å². The van der Waals surface area contributed by atoms with Crippen LogP contribution in [-0.2, 0) is 11.8 Å². The summed E-state index contributed by atoms with van der Waals surface area (Å²) in [6.45, 7) is -1.38. The molecule has 0 spiro atoms. The molecule has 0 amide bonds. The average Bonchev–Trinajstić information content (AvgIpc) is 2.83. The van der Waals surface area contributed by atoms with Crippen LogP contribution in [-0.4, -0.2) is 48.0 Å². The number of benzene rings is 2. The molecule has 4 nitrogen and oxygen atoms in total. The number of alkyl halides is 7. The van der Waals surface area contributed by atoms with Gasteiger partial charge in [-0.25, -0.2) is 4.39 Å². The predicted molar refractivity (Wildman–Crippen MR) is 123 cm³/mol. The summed E-state index contributed by atoms with van der Waals surface area (Å²) in [7, 11) is 0. The molecule has 0 radical (unpaired) electrons. The minimum atomic E-state index is -4.94. The molecule has 2 N–H and O–H groups in total. The summed E-state index contributed by atoms with van der Waals surface area (Å²) in [5, 5.41) is 12.2. The number of aliphatic hydroxyl groups is 1. The van der Waals surface area contributed by atoms with Gasteiger partial charge in [-0.1, -0.05) is 41.9 Å². The van der Waals surface area contributed by atoms with Crippen molar-refractivity contribution in [1.82, 2.24) is 10.3 Å². The van der Waals surface area contributed by atoms with Crippen molar-refractivity contribution in [3.63, 3.8) is 0 Å². The molecule has 2 atom stereocenters. The minimum Gasteiger partial charge on any atom is -0.428 e. The third kappa shape index (κ3) is 7.33. The van der Waals surface area contributed by atoms with Gasteiger partial charge in [0.1, 0.15) is 11.6 Å². The molecule has 1 aromatic heterocycles. The number of ether oxygens (including phenoxy) is 1. The van der Waals surface area contributed by atoms with E-state index in [1.54, 1.807) is 30.3 Å². The number of hydrogen-bond donors (Lipinski definition) is 2. The number of nitrogens with one attached hydrogen (secondary N) is 1. The van der Waals surface area contributed by atoms with Gasteiger partial charge in [0.05, 0.1) is 16.1 Å². The molecule has 3 aromatic rings. The predicted octanol–water partition coefficient (Wildman–Crippen LogP) is 6.15. The van der Waals surface area contributed by atoms with E-state index in [4.69, 9.17) is 11.6 Å². The molecule has 1 heterocycles. The molecule has 0 bridgehead atoms. The fourth-order valence-corrected chi connectivity index (χ4v) is 3.95. The third-order valence-corrected chi connectivity index (χ3v) is 5.86. The highest BCUT2D eigenvalue weighted by molar-refractivity contribution is 6.30. The van der Waals surface area contributed by atoms with Gasteiger partial charge in [0.25, 0.3) is 0 Å². The van der Waals surface area contributed by atoms with Crippen LogP contribution in [0.5, 0.6) is 5.75 Å². The topological polar surface area (TPSA) is 54.4 Å². The van der Waals surface area contributed by atoms with Gasteiger partial charge in [-0.15, -0.1) is 0 Å². The number of hydrogen-bond acceptors (Lipinski definition) is 4. The highest BCUT2D eigenvalue weighted by Crippen LogP contribution is 2.38. The molecule has 0 aliphatic carbocycles. The Morgan fingerprint density at radius 2 is 1.66 bits per heavy atom. The highest BCUT2D eigenvalue weighted by atomic mass is 35.5. The Morgan fingerprint density at radius 3 is 2.24 bits per heavy atom. The SMILES string of the molecule is OC(CNC[C@@](Cc1ccccc1)(c1cc(F)cc(OC(F)(F)C(F)F)c1)c1ccc(Cl)cn1)C(F)(F)F. The lowest BCUT2D eigenvalue weighted by Crippen LogP contribution is -2.46. The maximum atomic E-state index is 14.7. The number of halogens is 9. The van der Waals surface area contributed by atoms with Gasteiger partial charge in [0, 0.05) is 25.4 Å². The number of nitrogens with zero attached hydrogens (tertiary/aromatic N) is 1. The second-order valence-electron chi connectivity index (χ2n) is 8.43. The van der Waals surface area contributed by atoms with Gasteiger partial charge in [-0.2, -0.15) is 30.7 Å². The fourth-order valence-electron chi connectivity index (χ4n) is 3.84. The van der Waals surface area contributed by atoms with Crippen molar-refractivity contribution < 1.29 is 45.0 Å². The van der Waals surface area contributed by atoms with Gasteiger partial charge < -0.3 is 15.2 Å². The molecule has 0 fully saturated rings. The van der Waals surface area contributed by atoms with Crippen molar-refractivity contribution in [2.75, 3.05) is 13.1 Å². The lowest BCUT2D eigenvalue weighted by molar-refractivity contribution is -0.253. The maximum Gasteiger partial charge on any atom is 0.461 e. The van der Waals surface area contributed by atoms with Crippen LogP contribution in [0.4, 0.5) is 35.1 Å². The molecule has 3 rings (SSSR count). The first kappa shape index (κ1) is 29.6. The standard InChI is InChI=1S/C25H21ClF8N2O2/c26-17-6-7-20(36-12-17)23(11-15-4-2-1-3-5-15,14-35-13-21(37)24(30,31)32)16-8-18(27)10-19(9-16)38-25(33,34)22(28)29/h1-10,12,21-22,35,37H,11,13-14H2/t21?,23-/m0/s1. The molecule has 206 valence electrons. The maximum absolute atomic E-state index is 14.7. The largest absolute Gasteiger partial charge is 0.461 e. The number of aromatic nitrogens is 1. The van der Waals surface area contributed by atoms with Crippen molar-refractivity contribution in [2.24, 2.45) is 0 Å². The molecule has 0 aliphatic heterocycles. The van der Waals surface area contributed by atoms with Crippen LogP contribution < -0.4 is 10.1 Å². The Hall–Kier alpha value is -2.96. The smallest absolute Gasteiger partial charge is 0.428 e. The first-order valence-electron chi connectivity index (χ1n) is 11.0. The number of aliphatic hydroxyl groups excluding tert-OH is 1. The first-order chi connectivity index (χ1) is 17.7. The average molecular weight is 569 g/mol. The normalized spacial score (nSPS) is 14.8. The monoisotopic (exact) mass is 568 g/mol. The Balaban J connectivity index is 2.17. The first-order valence-corrected chi connectivity index (χ1v) is 11.4.